The molecule has 0 N–H and O–H groups in total. The van der Waals surface area contributed by atoms with Crippen molar-refractivity contribution in [3.63, 3.8) is 0 Å². The Labute approximate surface area is 371 Å². The number of para-hydroxylation sites is 3. The molecule has 0 atom stereocenters. The molecule has 7 heteroatoms. The van der Waals surface area contributed by atoms with Gasteiger partial charge in [0.25, 0.3) is 0 Å². The summed E-state index contributed by atoms with van der Waals surface area (Å²) in [5.41, 5.74) is 13.1. The molecule has 0 fully saturated rings. The number of aryl methyl sites for hydroxylation is 1. The van der Waals surface area contributed by atoms with Crippen molar-refractivity contribution in [2.75, 3.05) is 6.61 Å². The van der Waals surface area contributed by atoms with Crippen LogP contribution in [0.25, 0.3) is 72.3 Å². The molecule has 0 unspecified atom stereocenters. The number of hydrogen-bond acceptors (Lipinski definition) is 3. The fourth-order valence-electron chi connectivity index (χ4n) is 8.86. The van der Waals surface area contributed by atoms with Crippen molar-refractivity contribution >= 4 is 32.8 Å². The maximum atomic E-state index is 6.72. The maximum absolute atomic E-state index is 6.72. The number of ether oxygens (including phenoxy) is 2. The van der Waals surface area contributed by atoms with Gasteiger partial charge in [-0.2, -0.15) is 0 Å². The van der Waals surface area contributed by atoms with Crippen molar-refractivity contribution < 1.29 is 28.8 Å². The summed E-state index contributed by atoms with van der Waals surface area (Å²) in [5.74, 6) is 2.96. The number of nitrogens with zero attached hydrogens (tertiary/aromatic N) is 4. The van der Waals surface area contributed by atoms with Crippen LogP contribution in [0.2, 0.25) is 0 Å². The van der Waals surface area contributed by atoms with Crippen molar-refractivity contribution in [1.82, 2.24) is 18.7 Å². The minimum absolute atomic E-state index is 0.0464. The molecule has 0 saturated carbocycles. The Morgan fingerprint density at radius 2 is 1.31 bits per heavy atom. The van der Waals surface area contributed by atoms with Crippen molar-refractivity contribution in [2.24, 2.45) is 0 Å². The Balaban J connectivity index is 1.05. The van der Waals surface area contributed by atoms with Crippen LogP contribution in [0.4, 0.5) is 0 Å². The summed E-state index contributed by atoms with van der Waals surface area (Å²) < 4.78 is 20.8. The standard InChI is InChI=1S/C55H42N4O2.Pt/c1-55(2,3)40-28-29-56-53(32-40)59-50-34-43(26-27-46(50)47-31-39-19-14-30-60-52(39)35-51(47)59)61-42-21-12-20-41(33-42)57-36-58(49-25-11-10-24-48(49)57)54-44(37-15-6-4-7-16-37)22-13-23-45(54)38-17-8-5-9-18-38;/h4-13,15-18,20-29,31-32,35H,14,19,30H2,1-3H3;/q-2;. The Kier molecular flexibility index (Phi) is 9.43. The molecule has 3 aromatic heterocycles. The minimum Gasteiger partial charge on any atom is -0.493 e. The molecule has 0 amide bonds. The number of aromatic nitrogens is 4. The molecule has 11 rings (SSSR count). The zero-order valence-corrected chi connectivity index (χ0v) is 36.9. The van der Waals surface area contributed by atoms with Crippen LogP contribution in [-0.2, 0) is 31.2 Å². The average Bonchev–Trinajstić information content (AvgIpc) is 3.78. The van der Waals surface area contributed by atoms with Gasteiger partial charge < -0.3 is 4.74 Å². The first-order valence-electron chi connectivity index (χ1n) is 21.1. The van der Waals surface area contributed by atoms with E-state index in [2.05, 4.69) is 205 Å². The number of rotatable bonds is 7. The van der Waals surface area contributed by atoms with Crippen LogP contribution in [0, 0.1) is 15.9 Å². The van der Waals surface area contributed by atoms with Gasteiger partial charge >= 0.3 is 294 Å². The summed E-state index contributed by atoms with van der Waals surface area (Å²) in [5, 5.41) is 2.24. The number of benzene rings is 7. The van der Waals surface area contributed by atoms with E-state index in [0.29, 0.717) is 11.5 Å². The van der Waals surface area contributed by atoms with E-state index >= 15 is 0 Å². The molecule has 6 nitrogen and oxygen atoms in total. The van der Waals surface area contributed by atoms with Crippen LogP contribution in [0.3, 0.4) is 0 Å². The van der Waals surface area contributed by atoms with Gasteiger partial charge in [-0.15, -0.1) is 0 Å². The Morgan fingerprint density at radius 3 is 2.03 bits per heavy atom. The predicted molar refractivity (Wildman–Crippen MR) is 246 cm³/mol. The average molecular weight is 986 g/mol. The van der Waals surface area contributed by atoms with E-state index in [4.69, 9.17) is 14.5 Å². The molecule has 0 aliphatic carbocycles. The molecule has 0 radical (unpaired) electrons. The van der Waals surface area contributed by atoms with E-state index in [0.717, 1.165) is 101 Å². The van der Waals surface area contributed by atoms with Gasteiger partial charge in [-0.05, 0) is 35.4 Å². The number of pyridine rings is 1. The fraction of sp³-hybridized carbons (Fsp3) is 0.127. The Hall–Kier alpha value is -6.75. The summed E-state index contributed by atoms with van der Waals surface area (Å²) in [6, 6.07) is 62.8. The van der Waals surface area contributed by atoms with Crippen LogP contribution >= 0.6 is 0 Å². The van der Waals surface area contributed by atoms with E-state index in [9.17, 15) is 0 Å². The molecule has 0 bridgehead atoms. The molecule has 306 valence electrons. The van der Waals surface area contributed by atoms with Crippen LogP contribution in [-0.4, -0.2) is 25.3 Å². The molecule has 7 aromatic carbocycles. The van der Waals surface area contributed by atoms with Crippen molar-refractivity contribution in [3.8, 4) is 56.7 Å². The predicted octanol–water partition coefficient (Wildman–Crippen LogP) is 13.3. The third kappa shape index (κ3) is 6.61. The molecular weight excluding hydrogens is 944 g/mol. The first-order valence-corrected chi connectivity index (χ1v) is 22.2. The van der Waals surface area contributed by atoms with Gasteiger partial charge in [0.1, 0.15) is 5.75 Å². The van der Waals surface area contributed by atoms with E-state index in [1.54, 1.807) is 0 Å². The SMILES string of the molecule is CC(C)(C)c1ccnc(-n2c3[c-]c(Oc4[c-]c(-n5[c](=[Pt])n(-c6c(-c7ccccc7)cccc6-c6ccccc6)c6ccccc65)ccc4)ccc3c3cc4c(cc32)OCCC4)c1. The summed E-state index contributed by atoms with van der Waals surface area (Å²) in [6.07, 6.45) is 3.91. The van der Waals surface area contributed by atoms with Gasteiger partial charge in [-0.25, -0.2) is 0 Å². The first-order chi connectivity index (χ1) is 30.3. The quantitative estimate of drug-likeness (QED) is 0.150. The van der Waals surface area contributed by atoms with Crippen LogP contribution in [0.1, 0.15) is 38.3 Å². The molecule has 1 aliphatic heterocycles. The van der Waals surface area contributed by atoms with Crippen molar-refractivity contribution in [2.45, 2.75) is 39.0 Å². The van der Waals surface area contributed by atoms with E-state index in [1.807, 2.05) is 24.4 Å². The summed E-state index contributed by atoms with van der Waals surface area (Å²) in [6.45, 7) is 7.42. The number of fused-ring (bicyclic) bond motifs is 5. The smallest absolute Gasteiger partial charge is 0.493 e. The molecule has 4 heterocycles. The van der Waals surface area contributed by atoms with E-state index < -0.39 is 0 Å². The van der Waals surface area contributed by atoms with Crippen LogP contribution in [0.15, 0.2) is 164 Å². The second-order valence-electron chi connectivity index (χ2n) is 16.8. The third-order valence-electron chi connectivity index (χ3n) is 11.9. The topological polar surface area (TPSA) is 46.1 Å². The molecule has 0 spiro atoms. The Morgan fingerprint density at radius 1 is 0.629 bits per heavy atom. The molecular formula is C55H42N4O2Pt-2. The summed E-state index contributed by atoms with van der Waals surface area (Å²) in [7, 11) is 0. The number of imidazole rings is 1. The van der Waals surface area contributed by atoms with Crippen LogP contribution < -0.4 is 9.47 Å². The second kappa shape index (κ2) is 15.3. The van der Waals surface area contributed by atoms with Gasteiger partial charge in [-0.1, -0.05) is 20.8 Å². The normalized spacial score (nSPS) is 12.8. The first kappa shape index (κ1) is 38.2. The fourth-order valence-corrected chi connectivity index (χ4v) is 9.93. The zero-order valence-electron chi connectivity index (χ0n) is 34.6. The number of hydrogen-bond donors (Lipinski definition) is 0. The Bertz CT molecular complexity index is 3340. The van der Waals surface area contributed by atoms with Crippen molar-refractivity contribution in [1.29, 1.82) is 0 Å². The molecule has 1 aliphatic rings. The van der Waals surface area contributed by atoms with Gasteiger partial charge in [0.05, 0.1) is 6.61 Å². The second-order valence-corrected chi connectivity index (χ2v) is 17.9. The van der Waals surface area contributed by atoms with Gasteiger partial charge in [0.2, 0.25) is 0 Å². The third-order valence-corrected chi connectivity index (χ3v) is 12.9. The van der Waals surface area contributed by atoms with Crippen molar-refractivity contribution in [3.05, 3.63) is 191 Å². The summed E-state index contributed by atoms with van der Waals surface area (Å²) >= 11 is 2.47. The van der Waals surface area contributed by atoms with Crippen LogP contribution in [0.5, 0.6) is 17.2 Å². The molecule has 0 saturated heterocycles. The minimum atomic E-state index is -0.0464. The van der Waals surface area contributed by atoms with Gasteiger partial charge in [-0.3, -0.25) is 0 Å². The van der Waals surface area contributed by atoms with Gasteiger partial charge in [0.15, 0.2) is 0 Å². The van der Waals surface area contributed by atoms with Gasteiger partial charge in [0, 0.05) is 6.20 Å². The summed E-state index contributed by atoms with van der Waals surface area (Å²) in [4.78, 5) is 4.92. The van der Waals surface area contributed by atoms with E-state index in [-0.39, 0.29) is 5.41 Å². The zero-order chi connectivity index (χ0) is 42.0. The molecule has 62 heavy (non-hydrogen) atoms. The monoisotopic (exact) mass is 985 g/mol. The molecule has 10 aromatic rings. The van der Waals surface area contributed by atoms with E-state index in [1.165, 1.54) is 11.1 Å².